The molecule has 6 nitrogen and oxygen atoms in total. The zero-order valence-corrected chi connectivity index (χ0v) is 12.0. The van der Waals surface area contributed by atoms with Crippen molar-refractivity contribution in [2.45, 2.75) is 44.7 Å². The standard InChI is InChI=1S/C13H25N3O3/c1-4-13(6-5-7-15-13)12(18)16-10(2)11(17)14-8-9-19-3/h10,15H,4-9H2,1-3H3,(H,14,17)(H,16,18). The number of nitrogens with one attached hydrogen (secondary N) is 3. The van der Waals surface area contributed by atoms with Gasteiger partial charge in [0.2, 0.25) is 11.8 Å². The van der Waals surface area contributed by atoms with Crippen molar-refractivity contribution in [3.05, 3.63) is 0 Å². The van der Waals surface area contributed by atoms with Crippen LogP contribution >= 0.6 is 0 Å². The second kappa shape index (κ2) is 7.45. The molecule has 19 heavy (non-hydrogen) atoms. The van der Waals surface area contributed by atoms with Crippen molar-refractivity contribution in [1.29, 1.82) is 0 Å². The Bertz CT molecular complexity index is 314. The van der Waals surface area contributed by atoms with Crippen molar-refractivity contribution in [3.8, 4) is 0 Å². The van der Waals surface area contributed by atoms with Crippen molar-refractivity contribution in [2.75, 3.05) is 26.8 Å². The smallest absolute Gasteiger partial charge is 0.242 e. The maximum Gasteiger partial charge on any atom is 0.242 e. The first kappa shape index (κ1) is 15.9. The number of hydrogen-bond acceptors (Lipinski definition) is 4. The lowest BCUT2D eigenvalue weighted by atomic mass is 9.93. The zero-order chi connectivity index (χ0) is 14.3. The molecule has 0 bridgehead atoms. The van der Waals surface area contributed by atoms with Gasteiger partial charge in [0, 0.05) is 13.7 Å². The summed E-state index contributed by atoms with van der Waals surface area (Å²) in [6.07, 6.45) is 2.56. The molecule has 3 N–H and O–H groups in total. The molecular formula is C13H25N3O3. The summed E-state index contributed by atoms with van der Waals surface area (Å²) in [5.41, 5.74) is -0.499. The van der Waals surface area contributed by atoms with Crippen molar-refractivity contribution in [2.24, 2.45) is 0 Å². The average Bonchev–Trinajstić information content (AvgIpc) is 2.88. The highest BCUT2D eigenvalue weighted by Gasteiger charge is 2.39. The van der Waals surface area contributed by atoms with Crippen LogP contribution in [0, 0.1) is 0 Å². The van der Waals surface area contributed by atoms with Crippen molar-refractivity contribution >= 4 is 11.8 Å². The predicted molar refractivity (Wildman–Crippen MR) is 72.7 cm³/mol. The van der Waals surface area contributed by atoms with Crippen LogP contribution in [0.5, 0.6) is 0 Å². The molecule has 1 aliphatic heterocycles. The lowest BCUT2D eigenvalue weighted by molar-refractivity contribution is -0.132. The molecule has 0 aromatic heterocycles. The Morgan fingerprint density at radius 3 is 2.74 bits per heavy atom. The number of amides is 2. The van der Waals surface area contributed by atoms with Crippen LogP contribution < -0.4 is 16.0 Å². The van der Waals surface area contributed by atoms with Gasteiger partial charge in [-0.2, -0.15) is 0 Å². The van der Waals surface area contributed by atoms with E-state index in [1.54, 1.807) is 14.0 Å². The van der Waals surface area contributed by atoms with Crippen LogP contribution in [0.3, 0.4) is 0 Å². The normalized spacial score (nSPS) is 23.9. The van der Waals surface area contributed by atoms with E-state index in [1.807, 2.05) is 6.92 Å². The van der Waals surface area contributed by atoms with E-state index in [1.165, 1.54) is 0 Å². The van der Waals surface area contributed by atoms with Gasteiger partial charge in [-0.1, -0.05) is 6.92 Å². The molecule has 2 atom stereocenters. The minimum atomic E-state index is -0.532. The molecule has 0 aromatic carbocycles. The monoisotopic (exact) mass is 271 g/mol. The third-order valence-corrected chi connectivity index (χ3v) is 3.63. The molecule has 1 rings (SSSR count). The minimum Gasteiger partial charge on any atom is -0.383 e. The summed E-state index contributed by atoms with van der Waals surface area (Å²) in [5, 5.41) is 8.75. The summed E-state index contributed by atoms with van der Waals surface area (Å²) in [7, 11) is 1.58. The lowest BCUT2D eigenvalue weighted by Gasteiger charge is -2.28. The van der Waals surface area contributed by atoms with E-state index in [4.69, 9.17) is 4.74 Å². The number of carbonyl (C=O) groups excluding carboxylic acids is 2. The number of carbonyl (C=O) groups is 2. The second-order valence-electron chi connectivity index (χ2n) is 4.94. The van der Waals surface area contributed by atoms with Gasteiger partial charge in [0.25, 0.3) is 0 Å². The van der Waals surface area contributed by atoms with Gasteiger partial charge in [-0.3, -0.25) is 9.59 Å². The predicted octanol–water partition coefficient (Wildman–Crippen LogP) is -0.214. The SMILES string of the molecule is CCC1(C(=O)NC(C)C(=O)NCCOC)CCCN1. The van der Waals surface area contributed by atoms with Gasteiger partial charge in [-0.05, 0) is 32.7 Å². The summed E-state index contributed by atoms with van der Waals surface area (Å²) in [6.45, 7) is 5.45. The van der Waals surface area contributed by atoms with Crippen LogP contribution in [0.1, 0.15) is 33.1 Å². The van der Waals surface area contributed by atoms with Crippen LogP contribution in [-0.2, 0) is 14.3 Å². The molecule has 0 aliphatic carbocycles. The number of hydrogen-bond donors (Lipinski definition) is 3. The Labute approximate surface area is 114 Å². The topological polar surface area (TPSA) is 79.5 Å². The van der Waals surface area contributed by atoms with Gasteiger partial charge in [-0.25, -0.2) is 0 Å². The van der Waals surface area contributed by atoms with E-state index in [0.29, 0.717) is 13.2 Å². The Kier molecular flexibility index (Phi) is 6.24. The third-order valence-electron chi connectivity index (χ3n) is 3.63. The van der Waals surface area contributed by atoms with Gasteiger partial charge in [0.05, 0.1) is 12.1 Å². The highest BCUT2D eigenvalue weighted by Crippen LogP contribution is 2.23. The first-order valence-electron chi connectivity index (χ1n) is 6.88. The van der Waals surface area contributed by atoms with Crippen molar-refractivity contribution < 1.29 is 14.3 Å². The molecule has 1 heterocycles. The van der Waals surface area contributed by atoms with Gasteiger partial charge in [0.15, 0.2) is 0 Å². The van der Waals surface area contributed by atoms with Gasteiger partial charge < -0.3 is 20.7 Å². The lowest BCUT2D eigenvalue weighted by Crippen LogP contribution is -2.57. The van der Waals surface area contributed by atoms with E-state index in [-0.39, 0.29) is 11.8 Å². The Morgan fingerprint density at radius 2 is 2.21 bits per heavy atom. The quantitative estimate of drug-likeness (QED) is 0.560. The zero-order valence-electron chi connectivity index (χ0n) is 12.0. The largest absolute Gasteiger partial charge is 0.383 e. The molecular weight excluding hydrogens is 246 g/mol. The summed E-state index contributed by atoms with van der Waals surface area (Å²) in [4.78, 5) is 24.0. The van der Waals surface area contributed by atoms with Crippen LogP contribution in [0.2, 0.25) is 0 Å². The molecule has 6 heteroatoms. The highest BCUT2D eigenvalue weighted by atomic mass is 16.5. The number of methoxy groups -OCH3 is 1. The van der Waals surface area contributed by atoms with E-state index >= 15 is 0 Å². The first-order chi connectivity index (χ1) is 9.05. The molecule has 0 aromatic rings. The maximum atomic E-state index is 12.3. The molecule has 1 fully saturated rings. The molecule has 1 aliphatic rings. The van der Waals surface area contributed by atoms with E-state index < -0.39 is 11.6 Å². The van der Waals surface area contributed by atoms with Gasteiger partial charge in [0.1, 0.15) is 6.04 Å². The third kappa shape index (κ3) is 4.18. The highest BCUT2D eigenvalue weighted by molar-refractivity contribution is 5.92. The van der Waals surface area contributed by atoms with Crippen molar-refractivity contribution in [1.82, 2.24) is 16.0 Å². The fourth-order valence-electron chi connectivity index (χ4n) is 2.29. The summed E-state index contributed by atoms with van der Waals surface area (Å²) in [6, 6.07) is -0.532. The molecule has 0 saturated carbocycles. The number of rotatable bonds is 7. The Morgan fingerprint density at radius 1 is 1.47 bits per heavy atom. The fourth-order valence-corrected chi connectivity index (χ4v) is 2.29. The molecule has 0 radical (unpaired) electrons. The van der Waals surface area contributed by atoms with Gasteiger partial charge >= 0.3 is 0 Å². The second-order valence-corrected chi connectivity index (χ2v) is 4.94. The molecule has 1 saturated heterocycles. The van der Waals surface area contributed by atoms with Crippen LogP contribution in [0.15, 0.2) is 0 Å². The summed E-state index contributed by atoms with van der Waals surface area (Å²) >= 11 is 0. The van der Waals surface area contributed by atoms with Crippen LogP contribution in [0.25, 0.3) is 0 Å². The van der Waals surface area contributed by atoms with Gasteiger partial charge in [-0.15, -0.1) is 0 Å². The Hall–Kier alpha value is -1.14. The summed E-state index contributed by atoms with van der Waals surface area (Å²) in [5.74, 6) is -0.267. The summed E-state index contributed by atoms with van der Waals surface area (Å²) < 4.78 is 4.86. The van der Waals surface area contributed by atoms with Crippen LogP contribution in [-0.4, -0.2) is 50.2 Å². The maximum absolute atomic E-state index is 12.3. The molecule has 110 valence electrons. The first-order valence-corrected chi connectivity index (χ1v) is 6.88. The van der Waals surface area contributed by atoms with Crippen LogP contribution in [0.4, 0.5) is 0 Å². The van der Waals surface area contributed by atoms with E-state index in [0.717, 1.165) is 25.8 Å². The van der Waals surface area contributed by atoms with Crippen molar-refractivity contribution in [3.63, 3.8) is 0 Å². The molecule has 2 unspecified atom stereocenters. The number of ether oxygens (including phenoxy) is 1. The Balaban J connectivity index is 2.44. The fraction of sp³-hybridized carbons (Fsp3) is 0.846. The molecule has 2 amide bonds. The van der Waals surface area contributed by atoms with E-state index in [2.05, 4.69) is 16.0 Å². The minimum absolute atomic E-state index is 0.0816. The molecule has 0 spiro atoms. The van der Waals surface area contributed by atoms with E-state index in [9.17, 15) is 9.59 Å². The average molecular weight is 271 g/mol.